The fraction of sp³-hybridized carbons (Fsp3) is 0.696. The molecule has 3 heterocycles. The van der Waals surface area contributed by atoms with E-state index in [2.05, 4.69) is 39.0 Å². The Morgan fingerprint density at radius 2 is 1.66 bits per heavy atom. The van der Waals surface area contributed by atoms with E-state index >= 15 is 0 Å². The highest BCUT2D eigenvalue weighted by Gasteiger charge is 2.37. The lowest BCUT2D eigenvalue weighted by Crippen LogP contribution is -2.59. The minimum Gasteiger partial charge on any atom is -0.381 e. The monoisotopic (exact) mass is 401 g/mol. The summed E-state index contributed by atoms with van der Waals surface area (Å²) in [4.78, 5) is 20.3. The Labute approximate surface area is 174 Å². The number of carbonyl (C=O) groups excluding carboxylic acids is 1. The highest BCUT2D eigenvalue weighted by molar-refractivity contribution is 5.83. The Balaban J connectivity index is 1.28. The Morgan fingerprint density at radius 3 is 2.34 bits per heavy atom. The first kappa shape index (κ1) is 20.8. The highest BCUT2D eigenvalue weighted by Crippen LogP contribution is 2.24. The number of hydrogen-bond acceptors (Lipinski definition) is 5. The Morgan fingerprint density at radius 1 is 0.966 bits per heavy atom. The number of benzene rings is 1. The highest BCUT2D eigenvalue weighted by atomic mass is 16.5. The average Bonchev–Trinajstić information content (AvgIpc) is 2.77. The molecule has 3 aliphatic heterocycles. The first-order valence-corrected chi connectivity index (χ1v) is 11.2. The number of piperazine rings is 1. The first-order valence-electron chi connectivity index (χ1n) is 11.2. The quantitative estimate of drug-likeness (QED) is 0.731. The van der Waals surface area contributed by atoms with Gasteiger partial charge in [0.05, 0.1) is 12.6 Å². The molecule has 3 aliphatic rings. The van der Waals surface area contributed by atoms with Gasteiger partial charge in [-0.05, 0) is 36.8 Å². The van der Waals surface area contributed by atoms with E-state index in [9.17, 15) is 4.79 Å². The molecule has 29 heavy (non-hydrogen) atoms. The molecule has 1 atom stereocenters. The first-order chi connectivity index (χ1) is 14.2. The van der Waals surface area contributed by atoms with Crippen molar-refractivity contribution in [2.24, 2.45) is 0 Å². The molecule has 0 bridgehead atoms. The number of rotatable bonds is 6. The Kier molecular flexibility index (Phi) is 7.19. The van der Waals surface area contributed by atoms with Gasteiger partial charge in [0.25, 0.3) is 0 Å². The predicted molar refractivity (Wildman–Crippen MR) is 113 cm³/mol. The summed E-state index contributed by atoms with van der Waals surface area (Å²) in [5, 5.41) is 0. The summed E-state index contributed by atoms with van der Waals surface area (Å²) in [7, 11) is 1.73. The number of hydrogen-bond donors (Lipinski definition) is 0. The molecule has 1 aromatic carbocycles. The number of carbonyl (C=O) groups is 1. The predicted octanol–water partition coefficient (Wildman–Crippen LogP) is 2.12. The van der Waals surface area contributed by atoms with Crippen molar-refractivity contribution in [3.8, 4) is 0 Å². The van der Waals surface area contributed by atoms with Gasteiger partial charge in [-0.1, -0.05) is 24.3 Å². The number of likely N-dealkylation sites (tertiary alicyclic amines) is 1. The lowest BCUT2D eigenvalue weighted by Gasteiger charge is -2.45. The molecule has 0 spiro atoms. The van der Waals surface area contributed by atoms with Crippen LogP contribution in [0.4, 0.5) is 0 Å². The largest absolute Gasteiger partial charge is 0.381 e. The fourth-order valence-corrected chi connectivity index (χ4v) is 4.98. The van der Waals surface area contributed by atoms with E-state index in [-0.39, 0.29) is 6.04 Å². The summed E-state index contributed by atoms with van der Waals surface area (Å²) in [5.41, 5.74) is 2.56. The van der Waals surface area contributed by atoms with Gasteiger partial charge in [-0.3, -0.25) is 14.6 Å². The number of nitrogens with zero attached hydrogens (tertiary/aromatic N) is 3. The fourth-order valence-electron chi connectivity index (χ4n) is 4.98. The van der Waals surface area contributed by atoms with Crippen LogP contribution in [0.1, 0.15) is 36.8 Å². The van der Waals surface area contributed by atoms with E-state index in [0.29, 0.717) is 18.6 Å². The summed E-state index contributed by atoms with van der Waals surface area (Å²) in [6, 6.07) is 9.19. The molecule has 4 rings (SSSR count). The minimum absolute atomic E-state index is 0.0853. The smallest absolute Gasteiger partial charge is 0.240 e. The summed E-state index contributed by atoms with van der Waals surface area (Å²) in [6.07, 6.45) is 4.13. The second-order valence-corrected chi connectivity index (χ2v) is 8.59. The van der Waals surface area contributed by atoms with Gasteiger partial charge in [0.2, 0.25) is 5.91 Å². The van der Waals surface area contributed by atoms with Crippen molar-refractivity contribution in [1.29, 1.82) is 0 Å². The SMILES string of the molecule is COCc1ccc(CN2CCN([C@H]3CCCN(C4CCOCC4)C3=O)CC2)cc1. The molecule has 6 nitrogen and oxygen atoms in total. The molecular formula is C23H35N3O3. The third kappa shape index (κ3) is 5.18. The molecule has 0 radical (unpaired) electrons. The lowest BCUT2D eigenvalue weighted by molar-refractivity contribution is -0.145. The van der Waals surface area contributed by atoms with Crippen LogP contribution < -0.4 is 0 Å². The molecule has 1 amide bonds. The molecule has 0 N–H and O–H groups in total. The average molecular weight is 402 g/mol. The van der Waals surface area contributed by atoms with Crippen LogP contribution in [-0.2, 0) is 27.4 Å². The maximum Gasteiger partial charge on any atom is 0.240 e. The Hall–Kier alpha value is -1.47. The van der Waals surface area contributed by atoms with Crippen LogP contribution in [0.3, 0.4) is 0 Å². The van der Waals surface area contributed by atoms with Crippen LogP contribution in [-0.4, -0.2) is 85.7 Å². The molecule has 160 valence electrons. The topological polar surface area (TPSA) is 45.2 Å². The summed E-state index contributed by atoms with van der Waals surface area (Å²) in [5.74, 6) is 0.366. The maximum atomic E-state index is 13.2. The zero-order valence-corrected chi connectivity index (χ0v) is 17.7. The van der Waals surface area contributed by atoms with E-state index in [4.69, 9.17) is 9.47 Å². The minimum atomic E-state index is 0.0853. The molecule has 0 aliphatic carbocycles. The van der Waals surface area contributed by atoms with E-state index < -0.39 is 0 Å². The molecule has 6 heteroatoms. The van der Waals surface area contributed by atoms with Gasteiger partial charge >= 0.3 is 0 Å². The lowest BCUT2D eigenvalue weighted by atomic mass is 9.97. The zero-order chi connectivity index (χ0) is 20.1. The van der Waals surface area contributed by atoms with Crippen molar-refractivity contribution in [3.63, 3.8) is 0 Å². The van der Waals surface area contributed by atoms with Gasteiger partial charge in [-0.25, -0.2) is 0 Å². The maximum absolute atomic E-state index is 13.2. The van der Waals surface area contributed by atoms with Crippen molar-refractivity contribution in [3.05, 3.63) is 35.4 Å². The molecule has 0 aromatic heterocycles. The van der Waals surface area contributed by atoms with E-state index in [0.717, 1.165) is 78.2 Å². The summed E-state index contributed by atoms with van der Waals surface area (Å²) >= 11 is 0. The van der Waals surface area contributed by atoms with Gasteiger partial charge in [0.15, 0.2) is 0 Å². The van der Waals surface area contributed by atoms with Gasteiger partial charge in [0.1, 0.15) is 0 Å². The number of piperidine rings is 1. The number of methoxy groups -OCH3 is 1. The molecule has 3 fully saturated rings. The van der Waals surface area contributed by atoms with Crippen LogP contribution in [0.2, 0.25) is 0 Å². The van der Waals surface area contributed by atoms with Crippen molar-refractivity contribution in [2.45, 2.75) is 50.9 Å². The molecule has 3 saturated heterocycles. The van der Waals surface area contributed by atoms with E-state index in [1.165, 1.54) is 11.1 Å². The molecule has 1 aromatic rings. The second-order valence-electron chi connectivity index (χ2n) is 8.59. The van der Waals surface area contributed by atoms with Crippen LogP contribution in [0.15, 0.2) is 24.3 Å². The second kappa shape index (κ2) is 10.0. The standard InChI is InChI=1S/C23H35N3O3/c1-28-18-20-6-4-19(5-7-20)17-24-11-13-25(14-12-24)22-3-2-10-26(23(22)27)21-8-15-29-16-9-21/h4-7,21-22H,2-3,8-18H2,1H3/t22-/m0/s1. The van der Waals surface area contributed by atoms with E-state index in [1.54, 1.807) is 7.11 Å². The van der Waals surface area contributed by atoms with Crippen LogP contribution >= 0.6 is 0 Å². The molecule has 0 saturated carbocycles. The summed E-state index contributed by atoms with van der Waals surface area (Å²) in [6.45, 7) is 8.20. The van der Waals surface area contributed by atoms with Crippen LogP contribution in [0, 0.1) is 0 Å². The van der Waals surface area contributed by atoms with Crippen molar-refractivity contribution in [1.82, 2.24) is 14.7 Å². The van der Waals surface area contributed by atoms with Crippen molar-refractivity contribution < 1.29 is 14.3 Å². The van der Waals surface area contributed by atoms with Gasteiger partial charge in [-0.2, -0.15) is 0 Å². The van der Waals surface area contributed by atoms with E-state index in [1.807, 2.05) is 0 Å². The van der Waals surface area contributed by atoms with Crippen molar-refractivity contribution >= 4 is 5.91 Å². The van der Waals surface area contributed by atoms with Crippen LogP contribution in [0.25, 0.3) is 0 Å². The normalized spacial score (nSPS) is 25.5. The van der Waals surface area contributed by atoms with Crippen LogP contribution in [0.5, 0.6) is 0 Å². The third-order valence-corrected chi connectivity index (χ3v) is 6.66. The van der Waals surface area contributed by atoms with Gasteiger partial charge in [0, 0.05) is 65.6 Å². The molecule has 0 unspecified atom stereocenters. The van der Waals surface area contributed by atoms with Crippen molar-refractivity contribution in [2.75, 3.05) is 53.0 Å². The summed E-state index contributed by atoms with van der Waals surface area (Å²) < 4.78 is 10.7. The number of amides is 1. The molecular weight excluding hydrogens is 366 g/mol. The zero-order valence-electron chi connectivity index (χ0n) is 17.7. The van der Waals surface area contributed by atoms with Gasteiger partial charge < -0.3 is 14.4 Å². The third-order valence-electron chi connectivity index (χ3n) is 6.66. The van der Waals surface area contributed by atoms with Gasteiger partial charge in [-0.15, -0.1) is 0 Å². The Bertz CT molecular complexity index is 652. The number of ether oxygens (including phenoxy) is 2.